The fraction of sp³-hybridized carbons (Fsp3) is 0.100. The van der Waals surface area contributed by atoms with Crippen LogP contribution in [0.15, 0.2) is 60.0 Å². The van der Waals surface area contributed by atoms with Crippen LogP contribution in [0.25, 0.3) is 11.3 Å². The van der Waals surface area contributed by atoms with E-state index in [0.717, 1.165) is 11.1 Å². The van der Waals surface area contributed by atoms with E-state index in [1.54, 1.807) is 13.2 Å². The van der Waals surface area contributed by atoms with Gasteiger partial charge >= 0.3 is 0 Å². The predicted molar refractivity (Wildman–Crippen MR) is 101 cm³/mol. The summed E-state index contributed by atoms with van der Waals surface area (Å²) in [6.07, 6.45) is 0. The number of rotatable bonds is 3. The summed E-state index contributed by atoms with van der Waals surface area (Å²) in [5, 5.41) is 17.6. The minimum absolute atomic E-state index is 0.0260. The summed E-state index contributed by atoms with van der Waals surface area (Å²) in [5.41, 5.74) is 9.22. The lowest BCUT2D eigenvalue weighted by Gasteiger charge is -2.25. The van der Waals surface area contributed by atoms with Gasteiger partial charge in [0.25, 0.3) is 0 Å². The lowest BCUT2D eigenvalue weighted by molar-refractivity contribution is 0.375. The molecule has 1 aromatic heterocycles. The molecule has 0 radical (unpaired) electrons. The summed E-state index contributed by atoms with van der Waals surface area (Å²) in [5.74, 6) is 0.484. The molecule has 7 heteroatoms. The Morgan fingerprint density at radius 3 is 2.70 bits per heavy atom. The number of H-pyrrole nitrogens is 1. The Bertz CT molecular complexity index is 1100. The van der Waals surface area contributed by atoms with Gasteiger partial charge in [-0.05, 0) is 12.1 Å². The molecule has 0 spiro atoms. The van der Waals surface area contributed by atoms with E-state index >= 15 is 0 Å². The summed E-state index contributed by atoms with van der Waals surface area (Å²) in [6, 6.07) is 17.1. The number of ether oxygens (including phenoxy) is 2. The molecule has 2 aromatic carbocycles. The van der Waals surface area contributed by atoms with Gasteiger partial charge in [0.05, 0.1) is 24.3 Å². The van der Waals surface area contributed by atoms with Gasteiger partial charge < -0.3 is 15.2 Å². The van der Waals surface area contributed by atoms with Crippen LogP contribution in [0, 0.1) is 11.3 Å². The Morgan fingerprint density at radius 1 is 1.22 bits per heavy atom. The second-order valence-corrected chi connectivity index (χ2v) is 6.37. The van der Waals surface area contributed by atoms with Crippen molar-refractivity contribution in [3.63, 3.8) is 0 Å². The molecule has 1 aliphatic rings. The average Bonchev–Trinajstić information content (AvgIpc) is 3.10. The fourth-order valence-corrected chi connectivity index (χ4v) is 3.56. The molecule has 0 aliphatic carbocycles. The summed E-state index contributed by atoms with van der Waals surface area (Å²) < 4.78 is 11.1. The predicted octanol–water partition coefficient (Wildman–Crippen LogP) is 3.96. The number of nitriles is 1. The molecule has 3 aromatic rings. The Balaban J connectivity index is 2.01. The highest BCUT2D eigenvalue weighted by Gasteiger charge is 2.37. The molecule has 0 fully saturated rings. The van der Waals surface area contributed by atoms with Gasteiger partial charge in [0.15, 0.2) is 0 Å². The molecule has 4 rings (SSSR count). The highest BCUT2D eigenvalue weighted by Crippen LogP contribution is 2.48. The number of hydrogen-bond donors (Lipinski definition) is 2. The first kappa shape index (κ1) is 17.0. The molecule has 0 saturated heterocycles. The highest BCUT2D eigenvalue weighted by molar-refractivity contribution is 6.33. The van der Waals surface area contributed by atoms with Crippen LogP contribution in [0.3, 0.4) is 0 Å². The molecule has 0 saturated carbocycles. The van der Waals surface area contributed by atoms with Gasteiger partial charge in [-0.3, -0.25) is 5.10 Å². The Labute approximate surface area is 160 Å². The van der Waals surface area contributed by atoms with E-state index in [4.69, 9.17) is 26.8 Å². The normalized spacial score (nSPS) is 15.7. The number of nitrogens with zero attached hydrogens (tertiary/aromatic N) is 2. The molecule has 134 valence electrons. The summed E-state index contributed by atoms with van der Waals surface area (Å²) in [7, 11) is 1.59. The van der Waals surface area contributed by atoms with Crippen molar-refractivity contribution in [3.05, 3.63) is 76.1 Å². The van der Waals surface area contributed by atoms with Crippen LogP contribution in [0.1, 0.15) is 17.0 Å². The number of nitrogens with one attached hydrogen (secondary N) is 1. The molecule has 2 heterocycles. The zero-order valence-electron chi connectivity index (χ0n) is 14.4. The number of aromatic nitrogens is 2. The number of halogens is 1. The third-order valence-corrected chi connectivity index (χ3v) is 4.86. The van der Waals surface area contributed by atoms with E-state index < -0.39 is 5.92 Å². The van der Waals surface area contributed by atoms with Crippen molar-refractivity contribution in [1.82, 2.24) is 10.2 Å². The highest BCUT2D eigenvalue weighted by atomic mass is 35.5. The van der Waals surface area contributed by atoms with Gasteiger partial charge in [-0.25, -0.2) is 0 Å². The molecule has 0 bridgehead atoms. The molecular formula is C20H15ClN4O2. The van der Waals surface area contributed by atoms with Gasteiger partial charge in [-0.15, -0.1) is 5.10 Å². The number of para-hydroxylation sites is 1. The molecule has 0 amide bonds. The average molecular weight is 379 g/mol. The third kappa shape index (κ3) is 2.69. The van der Waals surface area contributed by atoms with Crippen LogP contribution in [0.5, 0.6) is 11.6 Å². The van der Waals surface area contributed by atoms with Gasteiger partial charge in [0, 0.05) is 16.1 Å². The number of hydrogen-bond acceptors (Lipinski definition) is 5. The molecule has 6 nitrogen and oxygen atoms in total. The van der Waals surface area contributed by atoms with E-state index in [9.17, 15) is 5.26 Å². The maximum atomic E-state index is 9.77. The third-order valence-electron chi connectivity index (χ3n) is 4.53. The molecule has 0 unspecified atom stereocenters. The molecule has 1 atom stereocenters. The lowest BCUT2D eigenvalue weighted by Crippen LogP contribution is -2.21. The Morgan fingerprint density at radius 2 is 1.96 bits per heavy atom. The summed E-state index contributed by atoms with van der Waals surface area (Å²) in [6.45, 7) is 0. The second kappa shape index (κ2) is 6.71. The number of fused-ring (bicyclic) bond motifs is 1. The molecular weight excluding hydrogens is 364 g/mol. The number of allylic oxidation sites excluding steroid dienone is 1. The van der Waals surface area contributed by atoms with Crippen molar-refractivity contribution in [3.8, 4) is 29.0 Å². The van der Waals surface area contributed by atoms with Crippen molar-refractivity contribution in [2.24, 2.45) is 5.73 Å². The Hall–Kier alpha value is -3.43. The second-order valence-electron chi connectivity index (χ2n) is 5.96. The van der Waals surface area contributed by atoms with E-state index in [0.29, 0.717) is 33.5 Å². The van der Waals surface area contributed by atoms with E-state index in [2.05, 4.69) is 16.3 Å². The number of nitrogens with two attached hydrogens (primary N) is 1. The standard InChI is InChI=1S/C20H15ClN4O2/c1-26-15-9-5-3-7-12(15)16-13(10-22)19(23)27-20-17(16)18(24-25-20)11-6-2-4-8-14(11)21/h2-9,16H,23H2,1H3,(H,24,25)/t16-/m1/s1. The van der Waals surface area contributed by atoms with Gasteiger partial charge in [-0.1, -0.05) is 48.0 Å². The van der Waals surface area contributed by atoms with Crippen molar-refractivity contribution < 1.29 is 9.47 Å². The van der Waals surface area contributed by atoms with Crippen molar-refractivity contribution in [1.29, 1.82) is 5.26 Å². The van der Waals surface area contributed by atoms with Crippen LogP contribution >= 0.6 is 11.6 Å². The molecule has 27 heavy (non-hydrogen) atoms. The fourth-order valence-electron chi connectivity index (χ4n) is 3.33. The first-order valence-electron chi connectivity index (χ1n) is 8.19. The summed E-state index contributed by atoms with van der Waals surface area (Å²) >= 11 is 6.39. The quantitative estimate of drug-likeness (QED) is 0.719. The zero-order chi connectivity index (χ0) is 19.0. The minimum atomic E-state index is -0.500. The van der Waals surface area contributed by atoms with Crippen LogP contribution in [0.4, 0.5) is 0 Å². The van der Waals surface area contributed by atoms with Crippen molar-refractivity contribution in [2.45, 2.75) is 5.92 Å². The summed E-state index contributed by atoms with van der Waals surface area (Å²) in [4.78, 5) is 0. The maximum absolute atomic E-state index is 9.77. The van der Waals surface area contributed by atoms with Crippen LogP contribution < -0.4 is 15.2 Å². The van der Waals surface area contributed by atoms with Crippen LogP contribution in [-0.4, -0.2) is 17.3 Å². The van der Waals surface area contributed by atoms with Crippen molar-refractivity contribution >= 4 is 11.6 Å². The minimum Gasteiger partial charge on any atom is -0.496 e. The largest absolute Gasteiger partial charge is 0.496 e. The lowest BCUT2D eigenvalue weighted by atomic mass is 9.82. The van der Waals surface area contributed by atoms with E-state index in [1.807, 2.05) is 42.5 Å². The van der Waals surface area contributed by atoms with Crippen LogP contribution in [-0.2, 0) is 0 Å². The van der Waals surface area contributed by atoms with E-state index in [-0.39, 0.29) is 5.88 Å². The van der Waals surface area contributed by atoms with Crippen LogP contribution in [0.2, 0.25) is 5.02 Å². The maximum Gasteiger partial charge on any atom is 0.244 e. The smallest absolute Gasteiger partial charge is 0.244 e. The first-order valence-corrected chi connectivity index (χ1v) is 8.57. The van der Waals surface area contributed by atoms with Gasteiger partial charge in [0.2, 0.25) is 11.8 Å². The zero-order valence-corrected chi connectivity index (χ0v) is 15.1. The SMILES string of the molecule is COc1ccccc1[C@@H]1C(C#N)=C(N)Oc2n[nH]c(-c3ccccc3Cl)c21. The molecule has 3 N–H and O–H groups in total. The molecule has 1 aliphatic heterocycles. The Kier molecular flexibility index (Phi) is 4.22. The number of aromatic amines is 1. The van der Waals surface area contributed by atoms with Gasteiger partial charge in [-0.2, -0.15) is 5.26 Å². The number of benzene rings is 2. The first-order chi connectivity index (χ1) is 13.2. The van der Waals surface area contributed by atoms with E-state index in [1.165, 1.54) is 0 Å². The monoisotopic (exact) mass is 378 g/mol. The number of methoxy groups -OCH3 is 1. The van der Waals surface area contributed by atoms with Gasteiger partial charge in [0.1, 0.15) is 17.4 Å². The topological polar surface area (TPSA) is 96.9 Å². The van der Waals surface area contributed by atoms with Crippen molar-refractivity contribution in [2.75, 3.05) is 7.11 Å².